The normalized spacial score (nSPS) is 11.3. The Bertz CT molecular complexity index is 1720. The Hall–Kier alpha value is -5.80. The molecule has 0 spiro atoms. The van der Waals surface area contributed by atoms with Gasteiger partial charge in [0.1, 0.15) is 11.5 Å². The lowest BCUT2D eigenvalue weighted by Crippen LogP contribution is -2.34. The third-order valence-corrected chi connectivity index (χ3v) is 6.77. The lowest BCUT2D eigenvalue weighted by Gasteiger charge is -2.19. The van der Waals surface area contributed by atoms with E-state index in [-0.39, 0.29) is 74.3 Å². The second-order valence-corrected chi connectivity index (χ2v) is 10.1. The number of carbonyl (C=O) groups is 5. The summed E-state index contributed by atoms with van der Waals surface area (Å²) in [5.41, 5.74) is 0.568. The van der Waals surface area contributed by atoms with Crippen LogP contribution in [-0.2, 0) is 32.3 Å². The largest absolute Gasteiger partial charge is 0.507 e. The highest BCUT2D eigenvalue weighted by Gasteiger charge is 2.28. The predicted octanol–water partition coefficient (Wildman–Crippen LogP) is 2.59. The number of phenols is 2. The molecule has 234 valence electrons. The minimum Gasteiger partial charge on any atom is -0.507 e. The summed E-state index contributed by atoms with van der Waals surface area (Å²) >= 11 is 0. The number of aromatic hydroxyl groups is 2. The van der Waals surface area contributed by atoms with Gasteiger partial charge in [0.25, 0.3) is 0 Å². The number of benzene rings is 3. The molecule has 0 saturated carbocycles. The summed E-state index contributed by atoms with van der Waals surface area (Å²) in [6, 6.07) is 11.2. The Balaban J connectivity index is 2.02. The Labute approximate surface area is 253 Å². The van der Waals surface area contributed by atoms with E-state index in [9.17, 15) is 59.7 Å². The SMILES string of the molecule is O=C(O)CN(CC(=O)O)Cc1cc2c(-c3ccccc3C(=O)O)c3cc(CN(CC(=O)O)CC(=O)O)c(O)cc3[o+]c2cc1O. The molecule has 4 aromatic rings. The van der Waals surface area contributed by atoms with Gasteiger partial charge in [-0.05, 0) is 23.8 Å². The predicted molar refractivity (Wildman–Crippen MR) is 155 cm³/mol. The third-order valence-electron chi connectivity index (χ3n) is 6.77. The summed E-state index contributed by atoms with van der Waals surface area (Å²) in [6.45, 7) is -3.28. The maximum absolute atomic E-state index is 12.3. The Morgan fingerprint density at radius 1 is 0.600 bits per heavy atom. The van der Waals surface area contributed by atoms with Crippen LogP contribution in [0.5, 0.6) is 11.5 Å². The molecule has 15 nitrogen and oxygen atoms in total. The van der Waals surface area contributed by atoms with Crippen LogP contribution in [0.15, 0.2) is 52.9 Å². The number of fused-ring (bicyclic) bond motifs is 2. The molecule has 0 aliphatic rings. The Morgan fingerprint density at radius 2 is 1.00 bits per heavy atom. The van der Waals surface area contributed by atoms with Crippen LogP contribution < -0.4 is 0 Å². The zero-order valence-corrected chi connectivity index (χ0v) is 23.3. The van der Waals surface area contributed by atoms with Gasteiger partial charge < -0.3 is 35.7 Å². The van der Waals surface area contributed by atoms with E-state index in [1.165, 1.54) is 42.5 Å². The molecule has 0 unspecified atom stereocenters. The molecule has 0 saturated heterocycles. The second-order valence-electron chi connectivity index (χ2n) is 10.1. The van der Waals surface area contributed by atoms with Crippen molar-refractivity contribution in [2.24, 2.45) is 0 Å². The van der Waals surface area contributed by atoms with Crippen LogP contribution in [0.2, 0.25) is 0 Å². The number of carboxylic acids is 5. The van der Waals surface area contributed by atoms with Gasteiger partial charge in [-0.25, -0.2) is 9.21 Å². The number of hydrogen-bond donors (Lipinski definition) is 7. The van der Waals surface area contributed by atoms with Crippen molar-refractivity contribution < 1.29 is 64.1 Å². The van der Waals surface area contributed by atoms with Gasteiger partial charge in [0.2, 0.25) is 0 Å². The fourth-order valence-electron chi connectivity index (χ4n) is 5.06. The number of rotatable bonds is 14. The molecule has 1 heterocycles. The lowest BCUT2D eigenvalue weighted by atomic mass is 9.91. The number of aromatic carboxylic acids is 1. The van der Waals surface area contributed by atoms with E-state index in [2.05, 4.69) is 0 Å². The quantitative estimate of drug-likeness (QED) is 0.0788. The zero-order valence-electron chi connectivity index (χ0n) is 23.3. The van der Waals surface area contributed by atoms with Gasteiger partial charge in [-0.1, -0.05) is 18.2 Å². The number of hydrogen-bond acceptors (Lipinski definition) is 9. The van der Waals surface area contributed by atoms with Gasteiger partial charge in [0.05, 0.1) is 54.6 Å². The molecule has 1 aromatic heterocycles. The highest BCUT2D eigenvalue weighted by atomic mass is 16.4. The van der Waals surface area contributed by atoms with E-state index in [4.69, 9.17) is 4.42 Å². The number of aliphatic carboxylic acids is 4. The van der Waals surface area contributed by atoms with Gasteiger partial charge >= 0.3 is 41.0 Å². The molecule has 0 bridgehead atoms. The fourth-order valence-corrected chi connectivity index (χ4v) is 5.06. The highest BCUT2D eigenvalue weighted by molar-refractivity contribution is 6.12. The van der Waals surface area contributed by atoms with Gasteiger partial charge in [-0.3, -0.25) is 29.0 Å². The van der Waals surface area contributed by atoms with Crippen LogP contribution in [0.1, 0.15) is 21.5 Å². The smallest absolute Gasteiger partial charge is 0.365 e. The van der Waals surface area contributed by atoms with E-state index < -0.39 is 56.0 Å². The highest BCUT2D eigenvalue weighted by Crippen LogP contribution is 2.42. The molecule has 0 radical (unpaired) electrons. The maximum Gasteiger partial charge on any atom is 0.365 e. The first-order valence-corrected chi connectivity index (χ1v) is 13.1. The molecule has 45 heavy (non-hydrogen) atoms. The average Bonchev–Trinajstić information content (AvgIpc) is 2.91. The van der Waals surface area contributed by atoms with E-state index in [1.807, 2.05) is 0 Å². The first kappa shape index (κ1) is 32.1. The first-order chi connectivity index (χ1) is 21.2. The standard InChI is InChI=1S/C30H26N2O13/c33-21-7-23-19(5-15(21)9-31(11-25(35)36)12-26(37)38)29(17-3-1-2-4-18(17)30(43)44)20-6-16(22(34)8-24(20)45-23)10-32(13-27(39)40)14-28(41)42/h1-8H,9-14H2,(H6-,33,34,35,36,37,38,39,40,41,42,43,44)/p+1. The molecule has 4 rings (SSSR count). The summed E-state index contributed by atoms with van der Waals surface area (Å²) in [5.74, 6) is -7.25. The van der Waals surface area contributed by atoms with Crippen LogP contribution in [0.3, 0.4) is 0 Å². The molecule has 15 heteroatoms. The van der Waals surface area contributed by atoms with Crippen molar-refractivity contribution in [2.75, 3.05) is 26.2 Å². The molecule has 0 atom stereocenters. The molecule has 0 amide bonds. The van der Waals surface area contributed by atoms with Crippen LogP contribution in [-0.4, -0.2) is 102 Å². The maximum atomic E-state index is 12.3. The van der Waals surface area contributed by atoms with Crippen molar-refractivity contribution in [3.63, 3.8) is 0 Å². The molecular formula is C30H27N2O13+. The molecule has 0 aliphatic heterocycles. The summed E-state index contributed by atoms with van der Waals surface area (Å²) in [7, 11) is 0. The minimum atomic E-state index is -1.30. The minimum absolute atomic E-state index is 0.0347. The van der Waals surface area contributed by atoms with E-state index >= 15 is 0 Å². The second kappa shape index (κ2) is 13.2. The van der Waals surface area contributed by atoms with Gasteiger partial charge in [-0.2, -0.15) is 0 Å². The van der Waals surface area contributed by atoms with Gasteiger partial charge in [0, 0.05) is 29.8 Å². The number of nitrogens with zero attached hydrogens (tertiary/aromatic N) is 2. The summed E-state index contributed by atoms with van der Waals surface area (Å²) < 4.78 is 5.98. The summed E-state index contributed by atoms with van der Waals surface area (Å²) in [5, 5.41) is 69.1. The monoisotopic (exact) mass is 623 g/mol. The van der Waals surface area contributed by atoms with Crippen molar-refractivity contribution >= 4 is 51.8 Å². The van der Waals surface area contributed by atoms with Crippen molar-refractivity contribution in [1.29, 1.82) is 0 Å². The van der Waals surface area contributed by atoms with Crippen molar-refractivity contribution in [1.82, 2.24) is 9.80 Å². The summed E-state index contributed by atoms with van der Waals surface area (Å²) in [6.07, 6.45) is 0. The topological polar surface area (TPSA) is 245 Å². The lowest BCUT2D eigenvalue weighted by molar-refractivity contribution is -0.144. The van der Waals surface area contributed by atoms with Crippen molar-refractivity contribution in [2.45, 2.75) is 13.1 Å². The third kappa shape index (κ3) is 7.59. The molecule has 0 aliphatic carbocycles. The Morgan fingerprint density at radius 3 is 1.38 bits per heavy atom. The molecule has 0 fully saturated rings. The van der Waals surface area contributed by atoms with E-state index in [0.717, 1.165) is 9.80 Å². The van der Waals surface area contributed by atoms with Crippen LogP contribution in [0.25, 0.3) is 33.1 Å². The van der Waals surface area contributed by atoms with Gasteiger partial charge in [-0.15, -0.1) is 0 Å². The van der Waals surface area contributed by atoms with Crippen molar-refractivity contribution in [3.05, 3.63) is 65.2 Å². The zero-order chi connectivity index (χ0) is 33.0. The molecular weight excluding hydrogens is 596 g/mol. The van der Waals surface area contributed by atoms with E-state index in [0.29, 0.717) is 0 Å². The first-order valence-electron chi connectivity index (χ1n) is 13.1. The number of carboxylic acid groups (broad SMARTS) is 5. The number of phenolic OH excluding ortho intramolecular Hbond substituents is 2. The molecule has 7 N–H and O–H groups in total. The van der Waals surface area contributed by atoms with Crippen LogP contribution in [0.4, 0.5) is 0 Å². The van der Waals surface area contributed by atoms with E-state index in [1.54, 1.807) is 6.07 Å². The Kier molecular flexibility index (Phi) is 9.45. The molecule has 3 aromatic carbocycles. The van der Waals surface area contributed by atoms with Crippen molar-refractivity contribution in [3.8, 4) is 22.6 Å². The summed E-state index contributed by atoms with van der Waals surface area (Å²) in [4.78, 5) is 59.8. The average molecular weight is 624 g/mol. The fraction of sp³-hybridized carbons (Fsp3) is 0.200. The van der Waals surface area contributed by atoms with Gasteiger partial charge in [0.15, 0.2) is 0 Å². The van der Waals surface area contributed by atoms with Crippen LogP contribution in [0, 0.1) is 0 Å². The van der Waals surface area contributed by atoms with Crippen LogP contribution >= 0.6 is 0 Å².